The molecule has 0 amide bonds. The van der Waals surface area contributed by atoms with Gasteiger partial charge in [-0.2, -0.15) is 9.40 Å². The molecule has 0 unspecified atom stereocenters. The highest BCUT2D eigenvalue weighted by molar-refractivity contribution is 7.89. The molecule has 0 aliphatic rings. The Morgan fingerprint density at radius 2 is 1.95 bits per heavy atom. The molecule has 0 spiro atoms. The molecule has 2 rings (SSSR count). The standard InChI is InChI=1S/C13H18N4O2S/c1-16-10-13(8-15-16)20(18,19)17(2)9-12-6-4-3-5-11(12)7-14/h3-6,8,10H,7,9,14H2,1-2H3. The number of nitrogens with zero attached hydrogens (tertiary/aromatic N) is 3. The lowest BCUT2D eigenvalue weighted by atomic mass is 10.1. The molecule has 108 valence electrons. The number of aromatic nitrogens is 2. The van der Waals surface area contributed by atoms with E-state index < -0.39 is 10.0 Å². The van der Waals surface area contributed by atoms with Gasteiger partial charge in [-0.1, -0.05) is 24.3 Å². The molecule has 7 heteroatoms. The summed E-state index contributed by atoms with van der Waals surface area (Å²) >= 11 is 0. The molecule has 1 aromatic carbocycles. The van der Waals surface area contributed by atoms with Crippen molar-refractivity contribution in [1.29, 1.82) is 0 Å². The number of rotatable bonds is 5. The lowest BCUT2D eigenvalue weighted by molar-refractivity contribution is 0.465. The molecule has 0 radical (unpaired) electrons. The van der Waals surface area contributed by atoms with Gasteiger partial charge in [-0.3, -0.25) is 4.68 Å². The number of hydrogen-bond donors (Lipinski definition) is 1. The van der Waals surface area contributed by atoms with Crippen molar-refractivity contribution in [2.75, 3.05) is 7.05 Å². The summed E-state index contributed by atoms with van der Waals surface area (Å²) in [6, 6.07) is 7.55. The van der Waals surface area contributed by atoms with E-state index in [9.17, 15) is 8.42 Å². The Morgan fingerprint density at radius 3 is 2.50 bits per heavy atom. The quantitative estimate of drug-likeness (QED) is 0.880. The first-order valence-electron chi connectivity index (χ1n) is 6.17. The number of nitrogens with two attached hydrogens (primary N) is 1. The predicted octanol–water partition coefficient (Wildman–Crippen LogP) is 0.699. The smallest absolute Gasteiger partial charge is 0.246 e. The van der Waals surface area contributed by atoms with Crippen molar-refractivity contribution >= 4 is 10.0 Å². The maximum atomic E-state index is 12.4. The van der Waals surface area contributed by atoms with Gasteiger partial charge in [0.2, 0.25) is 10.0 Å². The lowest BCUT2D eigenvalue weighted by Crippen LogP contribution is -2.27. The normalized spacial score (nSPS) is 12.0. The van der Waals surface area contributed by atoms with E-state index in [0.717, 1.165) is 11.1 Å². The maximum absolute atomic E-state index is 12.4. The van der Waals surface area contributed by atoms with Crippen molar-refractivity contribution in [1.82, 2.24) is 14.1 Å². The Hall–Kier alpha value is -1.70. The van der Waals surface area contributed by atoms with Crippen molar-refractivity contribution in [2.24, 2.45) is 12.8 Å². The Labute approximate surface area is 118 Å². The first kappa shape index (κ1) is 14.7. The fourth-order valence-corrected chi connectivity index (χ4v) is 3.08. The molecule has 2 aromatic rings. The first-order chi connectivity index (χ1) is 9.45. The Morgan fingerprint density at radius 1 is 1.30 bits per heavy atom. The van der Waals surface area contributed by atoms with E-state index in [-0.39, 0.29) is 11.4 Å². The highest BCUT2D eigenvalue weighted by Crippen LogP contribution is 2.17. The van der Waals surface area contributed by atoms with Crippen LogP contribution in [0.3, 0.4) is 0 Å². The Bertz CT molecular complexity index is 694. The SMILES string of the molecule is CN(Cc1ccccc1CN)S(=O)(=O)c1cnn(C)c1. The molecule has 0 aliphatic carbocycles. The van der Waals surface area contributed by atoms with Gasteiger partial charge in [-0.05, 0) is 11.1 Å². The molecule has 0 atom stereocenters. The van der Waals surface area contributed by atoms with E-state index in [1.54, 1.807) is 14.1 Å². The van der Waals surface area contributed by atoms with Gasteiger partial charge in [0.25, 0.3) is 0 Å². The van der Waals surface area contributed by atoms with Crippen LogP contribution in [0.2, 0.25) is 0 Å². The molecule has 0 fully saturated rings. The summed E-state index contributed by atoms with van der Waals surface area (Å²) in [4.78, 5) is 0.188. The van der Waals surface area contributed by atoms with E-state index in [0.29, 0.717) is 6.54 Å². The number of aryl methyl sites for hydroxylation is 1. The van der Waals surface area contributed by atoms with E-state index in [1.165, 1.54) is 21.4 Å². The molecule has 6 nitrogen and oxygen atoms in total. The van der Waals surface area contributed by atoms with Crippen LogP contribution < -0.4 is 5.73 Å². The molecule has 0 aliphatic heterocycles. The van der Waals surface area contributed by atoms with Gasteiger partial charge in [0, 0.05) is 33.4 Å². The zero-order valence-electron chi connectivity index (χ0n) is 11.5. The van der Waals surface area contributed by atoms with E-state index in [1.807, 2.05) is 24.3 Å². The van der Waals surface area contributed by atoms with Crippen molar-refractivity contribution in [3.05, 3.63) is 47.8 Å². The van der Waals surface area contributed by atoms with Crippen LogP contribution in [0, 0.1) is 0 Å². The van der Waals surface area contributed by atoms with Crippen LogP contribution in [0.25, 0.3) is 0 Å². The minimum atomic E-state index is -3.53. The molecule has 0 bridgehead atoms. The zero-order valence-corrected chi connectivity index (χ0v) is 12.3. The summed E-state index contributed by atoms with van der Waals surface area (Å²) in [6.07, 6.45) is 2.83. The molecule has 2 N–H and O–H groups in total. The van der Waals surface area contributed by atoms with Crippen LogP contribution in [0.1, 0.15) is 11.1 Å². The molecule has 0 saturated heterocycles. The molecule has 1 heterocycles. The second kappa shape index (κ2) is 5.74. The Balaban J connectivity index is 2.25. The van der Waals surface area contributed by atoms with Gasteiger partial charge in [-0.15, -0.1) is 0 Å². The summed E-state index contributed by atoms with van der Waals surface area (Å²) in [6.45, 7) is 0.668. The van der Waals surface area contributed by atoms with Gasteiger partial charge >= 0.3 is 0 Å². The number of benzene rings is 1. The molecule has 1 aromatic heterocycles. The fourth-order valence-electron chi connectivity index (χ4n) is 1.95. The van der Waals surface area contributed by atoms with E-state index in [2.05, 4.69) is 5.10 Å². The van der Waals surface area contributed by atoms with Gasteiger partial charge in [-0.25, -0.2) is 8.42 Å². The third kappa shape index (κ3) is 2.90. The van der Waals surface area contributed by atoms with Crippen LogP contribution in [-0.4, -0.2) is 29.6 Å². The monoisotopic (exact) mass is 294 g/mol. The average molecular weight is 294 g/mol. The highest BCUT2D eigenvalue weighted by Gasteiger charge is 2.22. The van der Waals surface area contributed by atoms with Crippen LogP contribution in [-0.2, 0) is 30.2 Å². The van der Waals surface area contributed by atoms with Crippen molar-refractivity contribution < 1.29 is 8.42 Å². The second-order valence-electron chi connectivity index (χ2n) is 4.58. The zero-order chi connectivity index (χ0) is 14.8. The van der Waals surface area contributed by atoms with Crippen molar-refractivity contribution in [3.8, 4) is 0 Å². The van der Waals surface area contributed by atoms with E-state index >= 15 is 0 Å². The largest absolute Gasteiger partial charge is 0.326 e. The Kier molecular flexibility index (Phi) is 4.22. The van der Waals surface area contributed by atoms with Gasteiger partial charge < -0.3 is 5.73 Å². The summed E-state index contributed by atoms with van der Waals surface area (Å²) in [5.74, 6) is 0. The van der Waals surface area contributed by atoms with Gasteiger partial charge in [0.05, 0.1) is 6.20 Å². The van der Waals surface area contributed by atoms with Gasteiger partial charge in [0.15, 0.2) is 0 Å². The fraction of sp³-hybridized carbons (Fsp3) is 0.308. The van der Waals surface area contributed by atoms with Crippen LogP contribution in [0.4, 0.5) is 0 Å². The average Bonchev–Trinajstić information content (AvgIpc) is 2.86. The summed E-state index contributed by atoms with van der Waals surface area (Å²) in [5, 5.41) is 3.90. The summed E-state index contributed by atoms with van der Waals surface area (Å²) in [7, 11) is -0.298. The number of sulfonamides is 1. The second-order valence-corrected chi connectivity index (χ2v) is 6.63. The molecule has 20 heavy (non-hydrogen) atoms. The topological polar surface area (TPSA) is 81.2 Å². The van der Waals surface area contributed by atoms with E-state index in [4.69, 9.17) is 5.73 Å². The van der Waals surface area contributed by atoms with Crippen LogP contribution >= 0.6 is 0 Å². The maximum Gasteiger partial charge on any atom is 0.246 e. The van der Waals surface area contributed by atoms with Crippen LogP contribution in [0.15, 0.2) is 41.6 Å². The number of hydrogen-bond acceptors (Lipinski definition) is 4. The van der Waals surface area contributed by atoms with Crippen molar-refractivity contribution in [2.45, 2.75) is 18.0 Å². The van der Waals surface area contributed by atoms with Gasteiger partial charge in [0.1, 0.15) is 4.90 Å². The molecular weight excluding hydrogens is 276 g/mol. The third-order valence-electron chi connectivity index (χ3n) is 3.12. The first-order valence-corrected chi connectivity index (χ1v) is 7.61. The third-order valence-corrected chi connectivity index (χ3v) is 4.88. The molecular formula is C13H18N4O2S. The highest BCUT2D eigenvalue weighted by atomic mass is 32.2. The molecule has 0 saturated carbocycles. The lowest BCUT2D eigenvalue weighted by Gasteiger charge is -2.17. The van der Waals surface area contributed by atoms with Crippen LogP contribution in [0.5, 0.6) is 0 Å². The predicted molar refractivity (Wildman–Crippen MR) is 76.2 cm³/mol. The summed E-state index contributed by atoms with van der Waals surface area (Å²) in [5.41, 5.74) is 7.52. The minimum absolute atomic E-state index is 0.188. The minimum Gasteiger partial charge on any atom is -0.326 e. The summed E-state index contributed by atoms with van der Waals surface area (Å²) < 4.78 is 27.6. The van der Waals surface area contributed by atoms with Crippen molar-refractivity contribution in [3.63, 3.8) is 0 Å².